The highest BCUT2D eigenvalue weighted by Crippen LogP contribution is 2.21. The van der Waals surface area contributed by atoms with Crippen molar-refractivity contribution in [1.82, 2.24) is 4.90 Å². The molecule has 1 aliphatic rings. The Morgan fingerprint density at radius 2 is 2.11 bits per heavy atom. The van der Waals surface area contributed by atoms with E-state index in [2.05, 4.69) is 6.92 Å². The van der Waals surface area contributed by atoms with Crippen LogP contribution in [0.15, 0.2) is 24.3 Å². The van der Waals surface area contributed by atoms with Gasteiger partial charge < -0.3 is 10.0 Å². The molecule has 0 aromatic heterocycles. The lowest BCUT2D eigenvalue weighted by molar-refractivity contribution is 0.0696. The maximum Gasteiger partial charge on any atom is 0.254 e. The first-order valence-corrected chi connectivity index (χ1v) is 7.24. The molecule has 0 saturated heterocycles. The van der Waals surface area contributed by atoms with Crippen molar-refractivity contribution >= 4 is 5.91 Å². The molecule has 1 N–H and O–H groups in total. The van der Waals surface area contributed by atoms with E-state index < -0.39 is 0 Å². The van der Waals surface area contributed by atoms with Crippen LogP contribution in [0.4, 0.5) is 0 Å². The van der Waals surface area contributed by atoms with Crippen LogP contribution in [0.1, 0.15) is 42.1 Å². The Bertz CT molecular complexity index is 425. The first kappa shape index (κ1) is 14.1. The van der Waals surface area contributed by atoms with Crippen LogP contribution in [-0.4, -0.2) is 35.6 Å². The van der Waals surface area contributed by atoms with E-state index in [1.165, 1.54) is 0 Å². The average molecular weight is 261 g/mol. The average Bonchev–Trinajstić information content (AvgIpc) is 2.43. The van der Waals surface area contributed by atoms with Crippen LogP contribution in [0.5, 0.6) is 0 Å². The fraction of sp³-hybridized carbons (Fsp3) is 0.562. The second-order valence-electron chi connectivity index (χ2n) is 5.33. The van der Waals surface area contributed by atoms with Crippen molar-refractivity contribution in [2.45, 2.75) is 32.6 Å². The largest absolute Gasteiger partial charge is 0.396 e. The van der Waals surface area contributed by atoms with Crippen molar-refractivity contribution < 1.29 is 9.90 Å². The Morgan fingerprint density at radius 1 is 1.32 bits per heavy atom. The zero-order chi connectivity index (χ0) is 13.7. The summed E-state index contributed by atoms with van der Waals surface area (Å²) in [5, 5.41) is 9.11. The molecule has 1 aromatic rings. The van der Waals surface area contributed by atoms with Crippen LogP contribution >= 0.6 is 0 Å². The summed E-state index contributed by atoms with van der Waals surface area (Å²) in [6, 6.07) is 7.89. The van der Waals surface area contributed by atoms with Crippen molar-refractivity contribution in [3.8, 4) is 0 Å². The molecule has 0 radical (unpaired) electrons. The monoisotopic (exact) mass is 261 g/mol. The van der Waals surface area contributed by atoms with Gasteiger partial charge in [0.1, 0.15) is 0 Å². The third-order valence-corrected chi connectivity index (χ3v) is 3.90. The van der Waals surface area contributed by atoms with Crippen LogP contribution in [0, 0.1) is 5.92 Å². The zero-order valence-electron chi connectivity index (χ0n) is 11.6. The number of carbonyl (C=O) groups excluding carboxylic acids is 1. The van der Waals surface area contributed by atoms with E-state index in [-0.39, 0.29) is 12.5 Å². The summed E-state index contributed by atoms with van der Waals surface area (Å²) in [5.41, 5.74) is 2.02. The molecule has 0 saturated carbocycles. The molecule has 19 heavy (non-hydrogen) atoms. The molecular weight excluding hydrogens is 238 g/mol. The minimum atomic E-state index is 0.154. The van der Waals surface area contributed by atoms with Gasteiger partial charge in [-0.05, 0) is 36.8 Å². The maximum absolute atomic E-state index is 12.4. The molecule has 1 aliphatic heterocycles. The molecule has 0 aliphatic carbocycles. The van der Waals surface area contributed by atoms with Crippen molar-refractivity contribution in [2.75, 3.05) is 19.7 Å². The molecule has 1 heterocycles. The Labute approximate surface area is 115 Å². The Balaban J connectivity index is 2.05. The van der Waals surface area contributed by atoms with Gasteiger partial charge in [0.05, 0.1) is 0 Å². The predicted octanol–water partition coefficient (Wildman–Crippen LogP) is 2.48. The molecule has 2 rings (SSSR count). The molecule has 104 valence electrons. The van der Waals surface area contributed by atoms with Crippen molar-refractivity contribution in [1.29, 1.82) is 0 Å². The third kappa shape index (κ3) is 3.35. The molecule has 0 bridgehead atoms. The van der Waals surface area contributed by atoms with Gasteiger partial charge in [-0.3, -0.25) is 4.79 Å². The van der Waals surface area contributed by atoms with E-state index in [0.29, 0.717) is 5.92 Å². The van der Waals surface area contributed by atoms with Crippen molar-refractivity contribution in [3.63, 3.8) is 0 Å². The SMILES string of the molecule is CCCC(CCO)CN1CCc2ccccc2C1=O. The van der Waals surface area contributed by atoms with Crippen molar-refractivity contribution in [2.24, 2.45) is 5.92 Å². The van der Waals surface area contributed by atoms with Crippen LogP contribution in [0.2, 0.25) is 0 Å². The van der Waals surface area contributed by atoms with Gasteiger partial charge in [-0.1, -0.05) is 31.5 Å². The fourth-order valence-electron chi connectivity index (χ4n) is 2.88. The van der Waals surface area contributed by atoms with Gasteiger partial charge in [-0.25, -0.2) is 0 Å². The number of aliphatic hydroxyl groups excluding tert-OH is 1. The molecule has 0 fully saturated rings. The van der Waals surface area contributed by atoms with E-state index in [1.807, 2.05) is 29.2 Å². The highest BCUT2D eigenvalue weighted by atomic mass is 16.3. The smallest absolute Gasteiger partial charge is 0.254 e. The molecule has 0 spiro atoms. The van der Waals surface area contributed by atoms with Gasteiger partial charge in [0.2, 0.25) is 0 Å². The number of fused-ring (bicyclic) bond motifs is 1. The predicted molar refractivity (Wildman–Crippen MR) is 76.2 cm³/mol. The lowest BCUT2D eigenvalue weighted by Crippen LogP contribution is -2.40. The van der Waals surface area contributed by atoms with Gasteiger partial charge in [-0.2, -0.15) is 0 Å². The van der Waals surface area contributed by atoms with Crippen LogP contribution < -0.4 is 0 Å². The van der Waals surface area contributed by atoms with Crippen molar-refractivity contribution in [3.05, 3.63) is 35.4 Å². The third-order valence-electron chi connectivity index (χ3n) is 3.90. The maximum atomic E-state index is 12.4. The van der Waals surface area contributed by atoms with Gasteiger partial charge in [-0.15, -0.1) is 0 Å². The number of aliphatic hydroxyl groups is 1. The topological polar surface area (TPSA) is 40.5 Å². The molecule has 3 heteroatoms. The Morgan fingerprint density at radius 3 is 2.84 bits per heavy atom. The number of hydrogen-bond donors (Lipinski definition) is 1. The first-order valence-electron chi connectivity index (χ1n) is 7.24. The quantitative estimate of drug-likeness (QED) is 0.854. The molecular formula is C16H23NO2. The first-order chi connectivity index (χ1) is 9.26. The number of hydrogen-bond acceptors (Lipinski definition) is 2. The van der Waals surface area contributed by atoms with E-state index in [4.69, 9.17) is 5.11 Å². The molecule has 1 unspecified atom stereocenters. The Hall–Kier alpha value is -1.35. The number of benzene rings is 1. The molecule has 1 aromatic carbocycles. The van der Waals surface area contributed by atoms with Crippen LogP contribution in [0.3, 0.4) is 0 Å². The molecule has 1 atom stereocenters. The second kappa shape index (κ2) is 6.71. The van der Waals surface area contributed by atoms with Gasteiger partial charge >= 0.3 is 0 Å². The molecule has 1 amide bonds. The number of carbonyl (C=O) groups is 1. The summed E-state index contributed by atoms with van der Waals surface area (Å²) >= 11 is 0. The summed E-state index contributed by atoms with van der Waals surface area (Å²) in [6.45, 7) is 3.95. The minimum Gasteiger partial charge on any atom is -0.396 e. The normalized spacial score (nSPS) is 16.3. The van der Waals surface area contributed by atoms with Crippen LogP contribution in [0.25, 0.3) is 0 Å². The van der Waals surface area contributed by atoms with Gasteiger partial charge in [0.25, 0.3) is 5.91 Å². The van der Waals surface area contributed by atoms with Gasteiger partial charge in [0.15, 0.2) is 0 Å². The summed E-state index contributed by atoms with van der Waals surface area (Å²) in [7, 11) is 0. The summed E-state index contributed by atoms with van der Waals surface area (Å²) in [4.78, 5) is 14.4. The van der Waals surface area contributed by atoms with Crippen LogP contribution in [-0.2, 0) is 6.42 Å². The lowest BCUT2D eigenvalue weighted by Gasteiger charge is -2.31. The van der Waals surface area contributed by atoms with E-state index in [1.54, 1.807) is 0 Å². The fourth-order valence-corrected chi connectivity index (χ4v) is 2.88. The second-order valence-corrected chi connectivity index (χ2v) is 5.33. The number of rotatable bonds is 6. The lowest BCUT2D eigenvalue weighted by atomic mass is 9.95. The minimum absolute atomic E-state index is 0.154. The number of nitrogens with zero attached hydrogens (tertiary/aromatic N) is 1. The Kier molecular flexibility index (Phi) is 4.97. The summed E-state index contributed by atoms with van der Waals surface area (Å²) in [6.07, 6.45) is 3.91. The standard InChI is InChI=1S/C16H23NO2/c1-2-5-13(9-11-18)12-17-10-8-14-6-3-4-7-15(14)16(17)19/h3-4,6-7,13,18H,2,5,8-12H2,1H3. The van der Waals surface area contributed by atoms with E-state index >= 15 is 0 Å². The van der Waals surface area contributed by atoms with E-state index in [9.17, 15) is 4.79 Å². The van der Waals surface area contributed by atoms with Gasteiger partial charge in [0, 0.05) is 25.3 Å². The highest BCUT2D eigenvalue weighted by molar-refractivity contribution is 5.96. The summed E-state index contributed by atoms with van der Waals surface area (Å²) in [5.74, 6) is 0.574. The molecule has 3 nitrogen and oxygen atoms in total. The summed E-state index contributed by atoms with van der Waals surface area (Å²) < 4.78 is 0. The zero-order valence-corrected chi connectivity index (χ0v) is 11.6. The van der Waals surface area contributed by atoms with E-state index in [0.717, 1.165) is 49.9 Å². The highest BCUT2D eigenvalue weighted by Gasteiger charge is 2.25. The number of amides is 1.